The van der Waals surface area contributed by atoms with Gasteiger partial charge in [-0.3, -0.25) is 4.90 Å². The summed E-state index contributed by atoms with van der Waals surface area (Å²) in [6, 6.07) is 18.5. The zero-order chi connectivity index (χ0) is 17.1. The molecule has 5 heteroatoms. The standard InChI is InChI=1S/C20H18BrN3O/c21-18-8-6-16(7-9-18)19-22-20(25-23-19)17-10-12-24(13-11-17)14-15-4-2-1-3-5-15/h1-10H,11-14H2. The van der Waals surface area contributed by atoms with Crippen LogP contribution >= 0.6 is 15.9 Å². The lowest BCUT2D eigenvalue weighted by Gasteiger charge is -2.25. The van der Waals surface area contributed by atoms with Crippen molar-refractivity contribution in [3.05, 3.63) is 76.6 Å². The first-order valence-electron chi connectivity index (χ1n) is 8.33. The molecule has 0 atom stereocenters. The van der Waals surface area contributed by atoms with E-state index in [1.807, 2.05) is 24.3 Å². The Kier molecular flexibility index (Phi) is 4.76. The van der Waals surface area contributed by atoms with E-state index in [0.29, 0.717) is 11.7 Å². The van der Waals surface area contributed by atoms with Gasteiger partial charge in [0.2, 0.25) is 5.82 Å². The number of nitrogens with zero attached hydrogens (tertiary/aromatic N) is 3. The van der Waals surface area contributed by atoms with Gasteiger partial charge < -0.3 is 4.52 Å². The monoisotopic (exact) mass is 395 g/mol. The third-order valence-corrected chi connectivity index (χ3v) is 4.87. The highest BCUT2D eigenvalue weighted by atomic mass is 79.9. The van der Waals surface area contributed by atoms with Gasteiger partial charge in [0.15, 0.2) is 0 Å². The number of hydrogen-bond acceptors (Lipinski definition) is 4. The molecule has 1 aliphatic rings. The average Bonchev–Trinajstić information content (AvgIpc) is 3.14. The van der Waals surface area contributed by atoms with Crippen molar-refractivity contribution in [1.82, 2.24) is 15.0 Å². The maximum Gasteiger partial charge on any atom is 0.253 e. The highest BCUT2D eigenvalue weighted by Crippen LogP contribution is 2.25. The van der Waals surface area contributed by atoms with Crippen LogP contribution in [0.4, 0.5) is 0 Å². The van der Waals surface area contributed by atoms with E-state index in [1.54, 1.807) is 0 Å². The van der Waals surface area contributed by atoms with Gasteiger partial charge in [0.05, 0.1) is 0 Å². The lowest BCUT2D eigenvalue weighted by atomic mass is 10.1. The third kappa shape index (κ3) is 3.89. The first kappa shape index (κ1) is 16.2. The lowest BCUT2D eigenvalue weighted by molar-refractivity contribution is 0.291. The summed E-state index contributed by atoms with van der Waals surface area (Å²) in [7, 11) is 0. The molecule has 0 fully saturated rings. The van der Waals surface area contributed by atoms with E-state index in [4.69, 9.17) is 4.52 Å². The third-order valence-electron chi connectivity index (χ3n) is 4.35. The second-order valence-electron chi connectivity index (χ2n) is 6.13. The van der Waals surface area contributed by atoms with Crippen LogP contribution in [0, 0.1) is 0 Å². The van der Waals surface area contributed by atoms with Crippen LogP contribution in [0.25, 0.3) is 17.0 Å². The molecule has 0 N–H and O–H groups in total. The normalized spacial score (nSPS) is 15.2. The van der Waals surface area contributed by atoms with Crippen LogP contribution in [0.15, 0.2) is 69.7 Å². The summed E-state index contributed by atoms with van der Waals surface area (Å²) in [5.41, 5.74) is 3.44. The molecule has 25 heavy (non-hydrogen) atoms. The molecule has 0 saturated heterocycles. The fraction of sp³-hybridized carbons (Fsp3) is 0.200. The summed E-state index contributed by atoms with van der Waals surface area (Å²) in [5, 5.41) is 4.12. The Labute approximate surface area is 155 Å². The van der Waals surface area contributed by atoms with Crippen LogP contribution in [0.2, 0.25) is 0 Å². The van der Waals surface area contributed by atoms with Crippen LogP contribution in [0.1, 0.15) is 17.9 Å². The van der Waals surface area contributed by atoms with E-state index in [2.05, 4.69) is 67.4 Å². The van der Waals surface area contributed by atoms with E-state index in [-0.39, 0.29) is 0 Å². The van der Waals surface area contributed by atoms with Gasteiger partial charge in [-0.2, -0.15) is 4.98 Å². The van der Waals surface area contributed by atoms with Crippen LogP contribution in [-0.2, 0) is 6.54 Å². The Hall–Kier alpha value is -2.24. The van der Waals surface area contributed by atoms with Gasteiger partial charge >= 0.3 is 0 Å². The Morgan fingerprint density at radius 3 is 2.56 bits per heavy atom. The number of hydrogen-bond donors (Lipinski definition) is 0. The summed E-state index contributed by atoms with van der Waals surface area (Å²) in [6.45, 7) is 2.87. The molecule has 0 aliphatic carbocycles. The predicted molar refractivity (Wildman–Crippen MR) is 102 cm³/mol. The van der Waals surface area contributed by atoms with Gasteiger partial charge in [0.25, 0.3) is 5.89 Å². The van der Waals surface area contributed by atoms with Gasteiger partial charge in [-0.05, 0) is 36.2 Å². The second kappa shape index (κ2) is 7.33. The highest BCUT2D eigenvalue weighted by molar-refractivity contribution is 9.10. The zero-order valence-electron chi connectivity index (χ0n) is 13.7. The van der Waals surface area contributed by atoms with Crippen LogP contribution in [-0.4, -0.2) is 28.1 Å². The highest BCUT2D eigenvalue weighted by Gasteiger charge is 2.18. The molecule has 0 amide bonds. The Balaban J connectivity index is 1.44. The minimum atomic E-state index is 0.634. The topological polar surface area (TPSA) is 42.2 Å². The van der Waals surface area contributed by atoms with E-state index < -0.39 is 0 Å². The molecule has 0 unspecified atom stereocenters. The van der Waals surface area contributed by atoms with E-state index in [9.17, 15) is 0 Å². The van der Waals surface area contributed by atoms with Crippen molar-refractivity contribution in [3.8, 4) is 11.4 Å². The molecule has 2 aromatic carbocycles. The van der Waals surface area contributed by atoms with Crippen molar-refractivity contribution in [1.29, 1.82) is 0 Å². The van der Waals surface area contributed by atoms with Gasteiger partial charge in [-0.25, -0.2) is 0 Å². The molecule has 4 rings (SSSR count). The summed E-state index contributed by atoms with van der Waals surface area (Å²) in [5.74, 6) is 1.27. The van der Waals surface area contributed by atoms with Crippen LogP contribution < -0.4 is 0 Å². The Morgan fingerprint density at radius 1 is 1.04 bits per heavy atom. The van der Waals surface area contributed by atoms with Crippen LogP contribution in [0.3, 0.4) is 0 Å². The molecule has 4 nitrogen and oxygen atoms in total. The summed E-state index contributed by atoms with van der Waals surface area (Å²) >= 11 is 3.44. The molecule has 0 bridgehead atoms. The number of rotatable bonds is 4. The molecule has 0 saturated carbocycles. The molecular formula is C20H18BrN3O. The van der Waals surface area contributed by atoms with Crippen molar-refractivity contribution in [2.24, 2.45) is 0 Å². The van der Waals surface area contributed by atoms with E-state index in [0.717, 1.165) is 41.7 Å². The summed E-state index contributed by atoms with van der Waals surface area (Å²) in [6.07, 6.45) is 3.13. The largest absolute Gasteiger partial charge is 0.334 e. The summed E-state index contributed by atoms with van der Waals surface area (Å²) in [4.78, 5) is 6.98. The van der Waals surface area contributed by atoms with Crippen LogP contribution in [0.5, 0.6) is 0 Å². The lowest BCUT2D eigenvalue weighted by Crippen LogP contribution is -2.28. The zero-order valence-corrected chi connectivity index (χ0v) is 15.3. The van der Waals surface area contributed by atoms with Gasteiger partial charge in [-0.1, -0.05) is 57.5 Å². The van der Waals surface area contributed by atoms with Crippen molar-refractivity contribution in [3.63, 3.8) is 0 Å². The van der Waals surface area contributed by atoms with Gasteiger partial charge in [0, 0.05) is 35.2 Å². The maximum absolute atomic E-state index is 5.48. The smallest absolute Gasteiger partial charge is 0.253 e. The summed E-state index contributed by atoms with van der Waals surface area (Å²) < 4.78 is 6.52. The quantitative estimate of drug-likeness (QED) is 0.636. The minimum absolute atomic E-state index is 0.634. The molecular weight excluding hydrogens is 378 g/mol. The van der Waals surface area contributed by atoms with E-state index in [1.165, 1.54) is 5.56 Å². The fourth-order valence-corrected chi connectivity index (χ4v) is 3.23. The van der Waals surface area contributed by atoms with Crippen molar-refractivity contribution in [2.75, 3.05) is 13.1 Å². The van der Waals surface area contributed by atoms with Gasteiger partial charge in [-0.15, -0.1) is 0 Å². The van der Waals surface area contributed by atoms with Crippen molar-refractivity contribution >= 4 is 21.5 Å². The van der Waals surface area contributed by atoms with E-state index >= 15 is 0 Å². The SMILES string of the molecule is Brc1ccc(-c2noc(C3=CCN(Cc4ccccc4)CC3)n2)cc1. The molecule has 0 spiro atoms. The van der Waals surface area contributed by atoms with Gasteiger partial charge in [0.1, 0.15) is 0 Å². The molecule has 3 aromatic rings. The number of benzene rings is 2. The fourth-order valence-electron chi connectivity index (χ4n) is 2.96. The number of aromatic nitrogens is 2. The molecule has 2 heterocycles. The Morgan fingerprint density at radius 2 is 1.84 bits per heavy atom. The first-order valence-corrected chi connectivity index (χ1v) is 9.12. The van der Waals surface area contributed by atoms with Crippen molar-refractivity contribution < 1.29 is 4.52 Å². The molecule has 1 aliphatic heterocycles. The number of halogens is 1. The van der Waals surface area contributed by atoms with Crippen molar-refractivity contribution in [2.45, 2.75) is 13.0 Å². The molecule has 0 radical (unpaired) electrons. The minimum Gasteiger partial charge on any atom is -0.334 e. The second-order valence-corrected chi connectivity index (χ2v) is 7.05. The average molecular weight is 396 g/mol. The molecule has 1 aromatic heterocycles. The Bertz CT molecular complexity index is 871. The predicted octanol–water partition coefficient (Wildman–Crippen LogP) is 4.79. The maximum atomic E-state index is 5.48. The first-order chi connectivity index (χ1) is 12.3. The molecule has 126 valence electrons.